The van der Waals surface area contributed by atoms with Gasteiger partial charge < -0.3 is 30.1 Å². The smallest absolute Gasteiger partial charge is 0.410 e. The van der Waals surface area contributed by atoms with Crippen molar-refractivity contribution in [2.75, 3.05) is 60.9 Å². The quantitative estimate of drug-likeness (QED) is 0.670. The van der Waals surface area contributed by atoms with Crippen LogP contribution in [0.15, 0.2) is 23.8 Å². The van der Waals surface area contributed by atoms with Gasteiger partial charge >= 0.3 is 6.09 Å². The number of carbonyl (C=O) groups excluding carboxylic acids is 3. The minimum absolute atomic E-state index is 0.0563. The van der Waals surface area contributed by atoms with Gasteiger partial charge in [-0.2, -0.15) is 0 Å². The summed E-state index contributed by atoms with van der Waals surface area (Å²) in [6, 6.07) is 1.84. The lowest BCUT2D eigenvalue weighted by Gasteiger charge is -2.37. The van der Waals surface area contributed by atoms with E-state index in [1.54, 1.807) is 22.7 Å². The molecule has 0 saturated carbocycles. The fourth-order valence-electron chi connectivity index (χ4n) is 3.72. The van der Waals surface area contributed by atoms with E-state index in [0.717, 1.165) is 5.69 Å². The highest BCUT2D eigenvalue weighted by atomic mass is 32.1. The molecule has 0 aromatic carbocycles. The number of hydrogen-bond acceptors (Lipinski definition) is 9. The molecule has 4 heterocycles. The van der Waals surface area contributed by atoms with E-state index in [1.165, 1.54) is 11.3 Å². The number of nitrogens with one attached hydrogen (secondary N) is 2. The topological polar surface area (TPSA) is 120 Å². The third kappa shape index (κ3) is 5.74. The number of thiazole rings is 1. The molecule has 0 aliphatic carbocycles. The van der Waals surface area contributed by atoms with Gasteiger partial charge in [-0.25, -0.2) is 9.78 Å². The molecule has 4 rings (SSSR count). The van der Waals surface area contributed by atoms with Crippen molar-refractivity contribution in [1.82, 2.24) is 20.2 Å². The molecule has 0 atom stereocenters. The predicted molar refractivity (Wildman–Crippen MR) is 130 cm³/mol. The van der Waals surface area contributed by atoms with Crippen molar-refractivity contribution in [2.45, 2.75) is 26.4 Å². The summed E-state index contributed by atoms with van der Waals surface area (Å²) in [6.07, 6.45) is 2.96. The Labute approximate surface area is 202 Å². The van der Waals surface area contributed by atoms with Crippen molar-refractivity contribution in [3.63, 3.8) is 0 Å². The molecule has 182 valence electrons. The van der Waals surface area contributed by atoms with Crippen molar-refractivity contribution < 1.29 is 19.1 Å². The summed E-state index contributed by atoms with van der Waals surface area (Å²) in [6.45, 7) is 9.23. The van der Waals surface area contributed by atoms with Crippen molar-refractivity contribution in [3.8, 4) is 0 Å². The van der Waals surface area contributed by atoms with Gasteiger partial charge in [-0.3, -0.25) is 14.6 Å². The highest BCUT2D eigenvalue weighted by Crippen LogP contribution is 2.27. The van der Waals surface area contributed by atoms with Crippen LogP contribution in [0.2, 0.25) is 0 Å². The van der Waals surface area contributed by atoms with Gasteiger partial charge in [-0.05, 0) is 26.8 Å². The number of pyridine rings is 1. The summed E-state index contributed by atoms with van der Waals surface area (Å²) in [5.74, 6) is -0.398. The molecule has 0 unspecified atom stereocenters. The minimum Gasteiger partial charge on any atom is -0.444 e. The lowest BCUT2D eigenvalue weighted by molar-refractivity contribution is -0.120. The van der Waals surface area contributed by atoms with Gasteiger partial charge in [-0.1, -0.05) is 0 Å². The first-order valence-electron chi connectivity index (χ1n) is 11.1. The number of amides is 3. The number of nitrogens with zero attached hydrogens (tertiary/aromatic N) is 5. The normalized spacial score (nSPS) is 16.8. The summed E-state index contributed by atoms with van der Waals surface area (Å²) in [7, 11) is 0. The molecule has 0 bridgehead atoms. The fourth-order valence-corrected chi connectivity index (χ4v) is 4.55. The largest absolute Gasteiger partial charge is 0.444 e. The Kier molecular flexibility index (Phi) is 6.87. The molecule has 2 aromatic heterocycles. The van der Waals surface area contributed by atoms with E-state index < -0.39 is 5.60 Å². The molecule has 0 radical (unpaired) electrons. The van der Waals surface area contributed by atoms with Crippen LogP contribution in [-0.2, 0) is 9.53 Å². The second-order valence-corrected chi connectivity index (χ2v) is 9.92. The molecule has 2 aromatic rings. The summed E-state index contributed by atoms with van der Waals surface area (Å²) in [4.78, 5) is 51.1. The SMILES string of the molecule is CC(C)(C)OC(=O)N1CCN(c2ccncc2NC(=O)c2csc(N3CCNC(=O)C3)n2)CC1. The number of rotatable bonds is 4. The lowest BCUT2D eigenvalue weighted by atomic mass is 10.2. The molecule has 12 heteroatoms. The second-order valence-electron chi connectivity index (χ2n) is 9.09. The Bertz CT molecular complexity index is 1060. The number of anilines is 3. The Morgan fingerprint density at radius 2 is 1.91 bits per heavy atom. The predicted octanol–water partition coefficient (Wildman–Crippen LogP) is 1.78. The summed E-state index contributed by atoms with van der Waals surface area (Å²) in [5, 5.41) is 8.02. The van der Waals surface area contributed by atoms with E-state index in [2.05, 4.69) is 25.5 Å². The van der Waals surface area contributed by atoms with Gasteiger partial charge in [-0.15, -0.1) is 11.3 Å². The van der Waals surface area contributed by atoms with Crippen LogP contribution in [0.1, 0.15) is 31.3 Å². The van der Waals surface area contributed by atoms with E-state index in [1.807, 2.05) is 31.7 Å². The van der Waals surface area contributed by atoms with Crippen LogP contribution in [0.4, 0.5) is 21.3 Å². The van der Waals surface area contributed by atoms with Crippen LogP contribution in [0.3, 0.4) is 0 Å². The maximum Gasteiger partial charge on any atom is 0.410 e. The van der Waals surface area contributed by atoms with Gasteiger partial charge in [0.25, 0.3) is 5.91 Å². The zero-order valence-corrected chi connectivity index (χ0v) is 20.4. The third-order valence-corrected chi connectivity index (χ3v) is 6.25. The summed E-state index contributed by atoms with van der Waals surface area (Å²) in [5.41, 5.74) is 1.16. The summed E-state index contributed by atoms with van der Waals surface area (Å²) < 4.78 is 5.47. The van der Waals surface area contributed by atoms with E-state index in [4.69, 9.17) is 4.74 Å². The van der Waals surface area contributed by atoms with Crippen molar-refractivity contribution >= 4 is 45.8 Å². The number of piperazine rings is 2. The molecule has 34 heavy (non-hydrogen) atoms. The second kappa shape index (κ2) is 9.84. The Morgan fingerprint density at radius 3 is 2.62 bits per heavy atom. The molecule has 2 aliphatic rings. The third-order valence-electron chi connectivity index (χ3n) is 5.35. The molecule has 3 amide bonds. The standard InChI is InChI=1S/C22H29N7O4S/c1-22(2,3)33-21(32)28-10-8-27(9-11-28)17-4-5-23-12-15(17)25-19(31)16-14-34-20(26-16)29-7-6-24-18(30)13-29/h4-5,12,14H,6-11,13H2,1-3H3,(H,24,30)(H,25,31). The molecule has 2 aliphatic heterocycles. The van der Waals surface area contributed by atoms with Crippen LogP contribution in [0, 0.1) is 0 Å². The van der Waals surface area contributed by atoms with E-state index in [0.29, 0.717) is 50.1 Å². The van der Waals surface area contributed by atoms with Gasteiger partial charge in [0.1, 0.15) is 11.3 Å². The maximum atomic E-state index is 12.9. The maximum absolute atomic E-state index is 12.9. The average molecular weight is 488 g/mol. The minimum atomic E-state index is -0.535. The number of carbonyl (C=O) groups is 3. The zero-order chi connectivity index (χ0) is 24.3. The first kappa shape index (κ1) is 23.7. The van der Waals surface area contributed by atoms with Crippen LogP contribution < -0.4 is 20.4 Å². The molecular formula is C22H29N7O4S. The van der Waals surface area contributed by atoms with Gasteiger partial charge in [0.05, 0.1) is 24.1 Å². The van der Waals surface area contributed by atoms with Crippen molar-refractivity contribution in [2.24, 2.45) is 0 Å². The molecule has 0 spiro atoms. The van der Waals surface area contributed by atoms with Gasteiger partial charge in [0.15, 0.2) is 5.13 Å². The van der Waals surface area contributed by atoms with Crippen molar-refractivity contribution in [1.29, 1.82) is 0 Å². The number of aromatic nitrogens is 2. The molecular weight excluding hydrogens is 458 g/mol. The highest BCUT2D eigenvalue weighted by Gasteiger charge is 2.27. The Hall–Kier alpha value is -3.41. The number of hydrogen-bond donors (Lipinski definition) is 2. The first-order chi connectivity index (χ1) is 16.2. The summed E-state index contributed by atoms with van der Waals surface area (Å²) >= 11 is 1.33. The van der Waals surface area contributed by atoms with Crippen LogP contribution in [-0.4, -0.2) is 84.2 Å². The van der Waals surface area contributed by atoms with Gasteiger partial charge in [0.2, 0.25) is 5.91 Å². The van der Waals surface area contributed by atoms with Crippen LogP contribution in [0.25, 0.3) is 0 Å². The molecule has 2 N–H and O–H groups in total. The molecule has 2 fully saturated rings. The van der Waals surface area contributed by atoms with Gasteiger partial charge in [0, 0.05) is 50.8 Å². The highest BCUT2D eigenvalue weighted by molar-refractivity contribution is 7.14. The number of ether oxygens (including phenoxy) is 1. The Morgan fingerprint density at radius 1 is 1.15 bits per heavy atom. The lowest BCUT2D eigenvalue weighted by Crippen LogP contribution is -2.50. The fraction of sp³-hybridized carbons (Fsp3) is 0.500. The van der Waals surface area contributed by atoms with Crippen LogP contribution >= 0.6 is 11.3 Å². The van der Waals surface area contributed by atoms with E-state index >= 15 is 0 Å². The molecule has 11 nitrogen and oxygen atoms in total. The van der Waals surface area contributed by atoms with E-state index in [-0.39, 0.29) is 30.1 Å². The van der Waals surface area contributed by atoms with E-state index in [9.17, 15) is 14.4 Å². The van der Waals surface area contributed by atoms with Crippen LogP contribution in [0.5, 0.6) is 0 Å². The zero-order valence-electron chi connectivity index (χ0n) is 19.5. The monoisotopic (exact) mass is 487 g/mol. The Balaban J connectivity index is 1.39. The first-order valence-corrected chi connectivity index (χ1v) is 12.0. The average Bonchev–Trinajstić information content (AvgIpc) is 3.29. The van der Waals surface area contributed by atoms with Crippen molar-refractivity contribution in [3.05, 3.63) is 29.5 Å². The molecule has 2 saturated heterocycles.